The van der Waals surface area contributed by atoms with E-state index in [9.17, 15) is 26.3 Å². The van der Waals surface area contributed by atoms with E-state index in [1.165, 1.54) is 37.8 Å². The third-order valence-electron chi connectivity index (χ3n) is 6.73. The molecule has 0 spiro atoms. The Morgan fingerprint density at radius 1 is 0.941 bits per heavy atom. The lowest BCUT2D eigenvalue weighted by atomic mass is 9.77. The van der Waals surface area contributed by atoms with Gasteiger partial charge in [-0.25, -0.2) is 13.2 Å². The maximum Gasteiger partial charge on any atom is 0.414 e. The van der Waals surface area contributed by atoms with Crippen molar-refractivity contribution in [3.05, 3.63) is 70.5 Å². The Kier molecular flexibility index (Phi) is 8.85. The zero-order valence-electron chi connectivity index (χ0n) is 19.4. The predicted molar refractivity (Wildman–Crippen MR) is 122 cm³/mol. The van der Waals surface area contributed by atoms with Gasteiger partial charge in [0.15, 0.2) is 17.8 Å². The zero-order valence-corrected chi connectivity index (χ0v) is 19.4. The molecule has 34 heavy (non-hydrogen) atoms. The molecule has 186 valence electrons. The summed E-state index contributed by atoms with van der Waals surface area (Å²) in [6.45, 7) is 2.19. The molecule has 1 fully saturated rings. The Morgan fingerprint density at radius 2 is 1.53 bits per heavy atom. The molecule has 0 aromatic heterocycles. The maximum absolute atomic E-state index is 14.8. The molecular weight excluding hydrogens is 454 g/mol. The monoisotopic (exact) mass is 484 g/mol. The van der Waals surface area contributed by atoms with Gasteiger partial charge in [0.05, 0.1) is 0 Å². The van der Waals surface area contributed by atoms with Gasteiger partial charge < -0.3 is 4.74 Å². The van der Waals surface area contributed by atoms with Crippen molar-refractivity contribution < 1.29 is 31.1 Å². The molecule has 1 nitrogen and oxygen atoms in total. The summed E-state index contributed by atoms with van der Waals surface area (Å²) in [5.41, 5.74) is 0.457. The molecule has 2 aromatic rings. The summed E-state index contributed by atoms with van der Waals surface area (Å²) < 4.78 is 86.9. The smallest absolute Gasteiger partial charge is 0.372 e. The van der Waals surface area contributed by atoms with Gasteiger partial charge in [-0.05, 0) is 54.7 Å². The molecule has 1 unspecified atom stereocenters. The van der Waals surface area contributed by atoms with E-state index in [4.69, 9.17) is 0 Å². The second-order valence-corrected chi connectivity index (χ2v) is 9.03. The van der Waals surface area contributed by atoms with Crippen LogP contribution in [0.15, 0.2) is 42.5 Å². The third kappa shape index (κ3) is 6.44. The SMILES string of the molecule is CCCC1CCC(c2ccc(/C(F)=C(/F)c3ccc(CC(OC)C(F)(F)F)c(F)c3)cc2)CC1. The van der Waals surface area contributed by atoms with E-state index in [2.05, 4.69) is 11.7 Å². The van der Waals surface area contributed by atoms with Gasteiger partial charge in [-0.15, -0.1) is 0 Å². The van der Waals surface area contributed by atoms with Gasteiger partial charge in [-0.2, -0.15) is 13.2 Å². The minimum Gasteiger partial charge on any atom is -0.372 e. The summed E-state index contributed by atoms with van der Waals surface area (Å²) in [5, 5.41) is 0. The Hall–Kier alpha value is -2.28. The van der Waals surface area contributed by atoms with E-state index in [-0.39, 0.29) is 16.7 Å². The van der Waals surface area contributed by atoms with Crippen molar-refractivity contribution in [2.24, 2.45) is 5.92 Å². The molecule has 0 bridgehead atoms. The van der Waals surface area contributed by atoms with Crippen molar-refractivity contribution in [2.75, 3.05) is 7.11 Å². The Balaban J connectivity index is 1.72. The minimum absolute atomic E-state index is 0.0296. The van der Waals surface area contributed by atoms with E-state index in [0.717, 1.165) is 43.6 Å². The highest BCUT2D eigenvalue weighted by Crippen LogP contribution is 2.38. The molecular formula is C27H30F6O. The number of rotatable bonds is 8. The molecule has 1 aliphatic carbocycles. The molecule has 0 radical (unpaired) electrons. The molecule has 7 heteroatoms. The first-order chi connectivity index (χ1) is 16.1. The molecule has 1 saturated carbocycles. The Bertz CT molecular complexity index is 972. The van der Waals surface area contributed by atoms with Crippen LogP contribution in [0.5, 0.6) is 0 Å². The van der Waals surface area contributed by atoms with Crippen molar-refractivity contribution in [3.8, 4) is 0 Å². The molecule has 0 amide bonds. The molecule has 1 aliphatic rings. The first-order valence-corrected chi connectivity index (χ1v) is 11.7. The van der Waals surface area contributed by atoms with Crippen LogP contribution in [0.3, 0.4) is 0 Å². The molecule has 2 aromatic carbocycles. The van der Waals surface area contributed by atoms with Crippen LogP contribution in [0.2, 0.25) is 0 Å². The molecule has 0 heterocycles. The van der Waals surface area contributed by atoms with Gasteiger partial charge in [0.1, 0.15) is 5.82 Å². The summed E-state index contributed by atoms with van der Waals surface area (Å²) >= 11 is 0. The van der Waals surface area contributed by atoms with Crippen LogP contribution >= 0.6 is 0 Å². The van der Waals surface area contributed by atoms with Crippen molar-refractivity contribution in [3.63, 3.8) is 0 Å². The van der Waals surface area contributed by atoms with Gasteiger partial charge >= 0.3 is 6.18 Å². The average molecular weight is 485 g/mol. The van der Waals surface area contributed by atoms with Crippen molar-refractivity contribution >= 4 is 11.7 Å². The second-order valence-electron chi connectivity index (χ2n) is 9.03. The van der Waals surface area contributed by atoms with E-state index in [0.29, 0.717) is 12.0 Å². The Labute approximate surface area is 196 Å². The number of methoxy groups -OCH3 is 1. The van der Waals surface area contributed by atoms with Gasteiger partial charge in [0, 0.05) is 24.7 Å². The number of hydrogen-bond donors (Lipinski definition) is 0. The Morgan fingerprint density at radius 3 is 2.06 bits per heavy atom. The first-order valence-electron chi connectivity index (χ1n) is 11.7. The van der Waals surface area contributed by atoms with Gasteiger partial charge in [-0.3, -0.25) is 0 Å². The summed E-state index contributed by atoms with van der Waals surface area (Å²) in [6.07, 6.45) is -0.656. The highest BCUT2D eigenvalue weighted by atomic mass is 19.4. The lowest BCUT2D eigenvalue weighted by Crippen LogP contribution is -2.32. The lowest BCUT2D eigenvalue weighted by Gasteiger charge is -2.28. The standard InChI is InChI=1S/C27H30F6O/c1-3-4-17-5-7-18(8-6-17)19-9-11-20(12-10-19)25(29)26(30)22-14-13-21(23(28)15-22)16-24(34-2)27(31,32)33/h9-15,17-18,24H,3-8,16H2,1-2H3/b26-25-. The fraction of sp³-hybridized carbons (Fsp3) is 0.481. The minimum atomic E-state index is -4.67. The fourth-order valence-electron chi connectivity index (χ4n) is 4.73. The van der Waals surface area contributed by atoms with Gasteiger partial charge in [0.2, 0.25) is 0 Å². The van der Waals surface area contributed by atoms with Crippen LogP contribution in [0.4, 0.5) is 26.3 Å². The summed E-state index contributed by atoms with van der Waals surface area (Å²) in [4.78, 5) is 0. The van der Waals surface area contributed by atoms with Crippen molar-refractivity contribution in [2.45, 2.75) is 70.1 Å². The number of ether oxygens (including phenoxy) is 1. The zero-order chi connectivity index (χ0) is 24.9. The normalized spacial score (nSPS) is 20.7. The largest absolute Gasteiger partial charge is 0.414 e. The number of halogens is 6. The van der Waals surface area contributed by atoms with Crippen LogP contribution in [0.25, 0.3) is 11.7 Å². The summed E-state index contributed by atoms with van der Waals surface area (Å²) in [6, 6.07) is 9.43. The lowest BCUT2D eigenvalue weighted by molar-refractivity contribution is -0.212. The van der Waals surface area contributed by atoms with Crippen LogP contribution in [0, 0.1) is 11.7 Å². The first kappa shape index (κ1) is 26.3. The molecule has 0 saturated heterocycles. The van der Waals surface area contributed by atoms with Gasteiger partial charge in [-0.1, -0.05) is 56.2 Å². The highest BCUT2D eigenvalue weighted by Gasteiger charge is 2.40. The van der Waals surface area contributed by atoms with E-state index in [1.807, 2.05) is 0 Å². The highest BCUT2D eigenvalue weighted by molar-refractivity contribution is 5.83. The van der Waals surface area contributed by atoms with E-state index in [1.54, 1.807) is 12.1 Å². The summed E-state index contributed by atoms with van der Waals surface area (Å²) in [7, 11) is 0.880. The number of hydrogen-bond acceptors (Lipinski definition) is 1. The van der Waals surface area contributed by atoms with Crippen molar-refractivity contribution in [1.29, 1.82) is 0 Å². The number of alkyl halides is 3. The fourth-order valence-corrected chi connectivity index (χ4v) is 4.73. The van der Waals surface area contributed by atoms with Crippen LogP contribution in [-0.4, -0.2) is 19.4 Å². The van der Waals surface area contributed by atoms with Crippen LogP contribution in [-0.2, 0) is 11.2 Å². The van der Waals surface area contributed by atoms with Crippen LogP contribution in [0.1, 0.15) is 73.6 Å². The molecule has 0 N–H and O–H groups in total. The molecule has 3 rings (SSSR count). The quantitative estimate of drug-likeness (QED) is 0.269. The second kappa shape index (κ2) is 11.4. The van der Waals surface area contributed by atoms with Crippen molar-refractivity contribution in [1.82, 2.24) is 0 Å². The number of benzene rings is 2. The predicted octanol–water partition coefficient (Wildman–Crippen LogP) is 8.78. The molecule has 1 atom stereocenters. The third-order valence-corrected chi connectivity index (χ3v) is 6.73. The maximum atomic E-state index is 14.8. The topological polar surface area (TPSA) is 9.23 Å². The summed E-state index contributed by atoms with van der Waals surface area (Å²) in [5.74, 6) is -2.28. The van der Waals surface area contributed by atoms with Gasteiger partial charge in [0.25, 0.3) is 0 Å². The molecule has 0 aliphatic heterocycles. The average Bonchev–Trinajstić information content (AvgIpc) is 2.82. The van der Waals surface area contributed by atoms with E-state index >= 15 is 0 Å². The van der Waals surface area contributed by atoms with Crippen LogP contribution < -0.4 is 0 Å². The van der Waals surface area contributed by atoms with E-state index < -0.39 is 36.2 Å².